The molecule has 0 aliphatic rings. The van der Waals surface area contributed by atoms with Crippen LogP contribution in [0.4, 0.5) is 0 Å². The third-order valence-corrected chi connectivity index (χ3v) is 4.51. The van der Waals surface area contributed by atoms with E-state index in [-0.39, 0.29) is 45.5 Å². The van der Waals surface area contributed by atoms with E-state index in [1.54, 1.807) is 0 Å². The number of allylic oxidation sites excluding steroid dienone is 1. The molecule has 0 aliphatic carbocycles. The Morgan fingerprint density at radius 1 is 0.870 bits per heavy atom. The van der Waals surface area contributed by atoms with Crippen LogP contribution in [-0.2, 0) is 4.79 Å². The molecule has 0 radical (unpaired) electrons. The van der Waals surface area contributed by atoms with E-state index in [1.165, 1.54) is 51.0 Å². The molecule has 2 nitrogen and oxygen atoms in total. The second kappa shape index (κ2) is 16.2. The van der Waals surface area contributed by atoms with E-state index in [2.05, 4.69) is 27.7 Å². The van der Waals surface area contributed by atoms with E-state index in [4.69, 9.17) is 5.11 Å². The summed E-state index contributed by atoms with van der Waals surface area (Å²) in [6.07, 6.45) is 12.7. The molecule has 3 heteroatoms. The van der Waals surface area contributed by atoms with Crippen molar-refractivity contribution in [3.63, 3.8) is 0 Å². The molecule has 0 aliphatic heterocycles. The Morgan fingerprint density at radius 2 is 1.30 bits per heavy atom. The normalized spacial score (nSPS) is 14.4. The molecular formula is C20H40O2Sr. The first-order valence-electron chi connectivity index (χ1n) is 9.21. The van der Waals surface area contributed by atoms with Gasteiger partial charge in [0.1, 0.15) is 0 Å². The van der Waals surface area contributed by atoms with E-state index < -0.39 is 5.97 Å². The molecule has 0 heterocycles. The van der Waals surface area contributed by atoms with Crippen molar-refractivity contribution in [2.24, 2.45) is 17.8 Å². The fraction of sp³-hybridized carbons (Fsp3) is 0.850. The first kappa shape index (κ1) is 25.9. The summed E-state index contributed by atoms with van der Waals surface area (Å²) in [5.74, 6) is 1.65. The molecule has 0 bridgehead atoms. The van der Waals surface area contributed by atoms with Crippen molar-refractivity contribution in [1.82, 2.24) is 0 Å². The molecule has 0 aromatic carbocycles. The van der Waals surface area contributed by atoms with Gasteiger partial charge in [-0.25, -0.2) is 4.79 Å². The molecule has 0 saturated carbocycles. The van der Waals surface area contributed by atoms with Crippen LogP contribution in [0.3, 0.4) is 0 Å². The van der Waals surface area contributed by atoms with Crippen molar-refractivity contribution in [3.05, 3.63) is 11.6 Å². The number of hydrogen-bond acceptors (Lipinski definition) is 1. The Balaban J connectivity index is 0. The summed E-state index contributed by atoms with van der Waals surface area (Å²) in [6, 6.07) is 0. The van der Waals surface area contributed by atoms with Crippen LogP contribution in [-0.4, -0.2) is 56.6 Å². The Morgan fingerprint density at radius 3 is 1.74 bits per heavy atom. The van der Waals surface area contributed by atoms with E-state index in [1.807, 2.05) is 6.92 Å². The minimum absolute atomic E-state index is 0. The van der Waals surface area contributed by atoms with Gasteiger partial charge in [0.25, 0.3) is 0 Å². The maximum atomic E-state index is 10.5. The summed E-state index contributed by atoms with van der Waals surface area (Å²) in [6.45, 7) is 11.3. The van der Waals surface area contributed by atoms with Crippen molar-refractivity contribution in [1.29, 1.82) is 0 Å². The second-order valence-corrected chi connectivity index (χ2v) is 7.69. The molecule has 0 aromatic rings. The van der Waals surface area contributed by atoms with Gasteiger partial charge in [-0.3, -0.25) is 0 Å². The van der Waals surface area contributed by atoms with Crippen LogP contribution in [0.15, 0.2) is 11.6 Å². The van der Waals surface area contributed by atoms with Crippen LogP contribution >= 0.6 is 0 Å². The third kappa shape index (κ3) is 18.9. The Hall–Kier alpha value is 0.691. The van der Waals surface area contributed by atoms with Crippen LogP contribution in [0.1, 0.15) is 92.4 Å². The zero-order valence-electron chi connectivity index (χ0n) is 15.5. The Bertz CT molecular complexity index is 324. The predicted molar refractivity (Wildman–Crippen MR) is 105 cm³/mol. The monoisotopic (exact) mass is 400 g/mol. The van der Waals surface area contributed by atoms with Gasteiger partial charge in [0.05, 0.1) is 0 Å². The SMILES string of the molecule is C/C(=C\C(=O)O)CCC[C@H](C)CCC[C@H](C)CCCC(C)C.[SrH2]. The fourth-order valence-corrected chi connectivity index (χ4v) is 2.99. The zero-order valence-corrected chi connectivity index (χ0v) is 15.5. The summed E-state index contributed by atoms with van der Waals surface area (Å²) in [5, 5.41) is 8.68. The molecule has 0 spiro atoms. The average Bonchev–Trinajstić information content (AvgIpc) is 2.37. The molecule has 2 atom stereocenters. The summed E-state index contributed by atoms with van der Waals surface area (Å²) < 4.78 is 0. The van der Waals surface area contributed by atoms with Gasteiger partial charge in [0.2, 0.25) is 0 Å². The van der Waals surface area contributed by atoms with E-state index in [0.29, 0.717) is 0 Å². The Kier molecular flexibility index (Phi) is 18.2. The van der Waals surface area contributed by atoms with E-state index in [0.717, 1.165) is 36.2 Å². The third-order valence-electron chi connectivity index (χ3n) is 4.51. The molecule has 134 valence electrons. The molecular weight excluding hydrogens is 360 g/mol. The minimum atomic E-state index is -0.822. The standard InChI is InChI=1S/C20H38O2.Sr.2H/c1-16(2)9-6-10-17(3)11-7-12-18(4)13-8-14-19(5)15-20(21)22;;;/h15-18H,6-14H2,1-5H3,(H,21,22);;;/b19-15+;;;/t17-,18-;;;/m1.../s1. The molecule has 0 fully saturated rings. The number of carbonyl (C=O) groups is 1. The predicted octanol–water partition coefficient (Wildman–Crippen LogP) is 5.54. The molecule has 0 amide bonds. The zero-order chi connectivity index (χ0) is 17.0. The molecule has 23 heavy (non-hydrogen) atoms. The van der Waals surface area contributed by atoms with Gasteiger partial charge in [-0.05, 0) is 37.5 Å². The quantitative estimate of drug-likeness (QED) is 0.326. The number of carboxylic acid groups (broad SMARTS) is 1. The second-order valence-electron chi connectivity index (χ2n) is 7.69. The molecule has 1 N–H and O–H groups in total. The molecule has 0 aromatic heterocycles. The summed E-state index contributed by atoms with van der Waals surface area (Å²) >= 11 is 0. The summed E-state index contributed by atoms with van der Waals surface area (Å²) in [5.41, 5.74) is 0.985. The Labute approximate surface area is 181 Å². The van der Waals surface area contributed by atoms with E-state index >= 15 is 0 Å². The van der Waals surface area contributed by atoms with Gasteiger partial charge in [-0.2, -0.15) is 0 Å². The van der Waals surface area contributed by atoms with Crippen molar-refractivity contribution in [2.45, 2.75) is 92.4 Å². The molecule has 0 saturated heterocycles. The summed E-state index contributed by atoms with van der Waals surface area (Å²) in [4.78, 5) is 10.5. The molecule has 0 rings (SSSR count). The van der Waals surface area contributed by atoms with Gasteiger partial charge in [-0.15, -0.1) is 0 Å². The topological polar surface area (TPSA) is 37.3 Å². The molecule has 0 unspecified atom stereocenters. The summed E-state index contributed by atoms with van der Waals surface area (Å²) in [7, 11) is 0. The van der Waals surface area contributed by atoms with E-state index in [9.17, 15) is 4.79 Å². The van der Waals surface area contributed by atoms with Gasteiger partial charge in [-0.1, -0.05) is 78.2 Å². The van der Waals surface area contributed by atoms with Crippen LogP contribution in [0.2, 0.25) is 0 Å². The van der Waals surface area contributed by atoms with Gasteiger partial charge < -0.3 is 5.11 Å². The van der Waals surface area contributed by atoms with Crippen molar-refractivity contribution < 1.29 is 9.90 Å². The van der Waals surface area contributed by atoms with Crippen molar-refractivity contribution >= 4 is 51.5 Å². The van der Waals surface area contributed by atoms with Gasteiger partial charge in [0, 0.05) is 6.08 Å². The van der Waals surface area contributed by atoms with Crippen molar-refractivity contribution in [3.8, 4) is 0 Å². The first-order chi connectivity index (χ1) is 10.3. The number of aliphatic carboxylic acids is 1. The van der Waals surface area contributed by atoms with Gasteiger partial charge in [0.15, 0.2) is 0 Å². The van der Waals surface area contributed by atoms with Crippen molar-refractivity contribution in [2.75, 3.05) is 0 Å². The number of hydrogen-bond donors (Lipinski definition) is 1. The fourth-order valence-electron chi connectivity index (χ4n) is 2.99. The van der Waals surface area contributed by atoms with Crippen LogP contribution in [0.25, 0.3) is 0 Å². The van der Waals surface area contributed by atoms with Crippen LogP contribution in [0.5, 0.6) is 0 Å². The van der Waals surface area contributed by atoms with Crippen LogP contribution < -0.4 is 0 Å². The number of carboxylic acids is 1. The van der Waals surface area contributed by atoms with Gasteiger partial charge >= 0.3 is 51.5 Å². The van der Waals surface area contributed by atoms with Crippen LogP contribution in [0, 0.1) is 17.8 Å². The first-order valence-corrected chi connectivity index (χ1v) is 9.21. The average molecular weight is 400 g/mol. The maximum absolute atomic E-state index is 10.5. The number of rotatable bonds is 13.